The molecule has 1 fully saturated rings. The van der Waals surface area contributed by atoms with E-state index in [4.69, 9.17) is 0 Å². The molecule has 2 rings (SSSR count). The second kappa shape index (κ2) is 7.40. The Bertz CT molecular complexity index is 447. The maximum atomic E-state index is 12.1. The number of aliphatic hydroxyl groups excluding tert-OH is 1. The van der Waals surface area contributed by atoms with Crippen LogP contribution in [0.4, 0.5) is 0 Å². The first kappa shape index (κ1) is 15.0. The van der Waals surface area contributed by atoms with Gasteiger partial charge in [0.15, 0.2) is 0 Å². The largest absolute Gasteiger partial charge is 0.394 e. The quantitative estimate of drug-likeness (QED) is 0.859. The van der Waals surface area contributed by atoms with Gasteiger partial charge in [0.05, 0.1) is 17.5 Å². The van der Waals surface area contributed by atoms with Crippen LogP contribution >= 0.6 is 11.3 Å². The van der Waals surface area contributed by atoms with Crippen molar-refractivity contribution >= 4 is 23.2 Å². The second-order valence-corrected chi connectivity index (χ2v) is 5.85. The number of nitrogens with zero attached hydrogens (tertiary/aromatic N) is 1. The van der Waals surface area contributed by atoms with Crippen molar-refractivity contribution in [3.8, 4) is 0 Å². The van der Waals surface area contributed by atoms with Crippen LogP contribution in [0.3, 0.4) is 0 Å². The van der Waals surface area contributed by atoms with Gasteiger partial charge < -0.3 is 15.3 Å². The van der Waals surface area contributed by atoms with Crippen molar-refractivity contribution < 1.29 is 14.7 Å². The van der Waals surface area contributed by atoms with Crippen molar-refractivity contribution in [1.82, 2.24) is 10.2 Å². The van der Waals surface area contributed by atoms with Crippen LogP contribution in [-0.2, 0) is 4.79 Å². The van der Waals surface area contributed by atoms with Crippen LogP contribution < -0.4 is 5.32 Å². The Morgan fingerprint density at radius 3 is 3.00 bits per heavy atom. The molecule has 2 N–H and O–H groups in total. The van der Waals surface area contributed by atoms with E-state index in [1.54, 1.807) is 11.0 Å². The highest BCUT2D eigenvalue weighted by atomic mass is 32.1. The summed E-state index contributed by atoms with van der Waals surface area (Å²) in [5.74, 6) is -0.125. The number of carbonyl (C=O) groups excluding carboxylic acids is 2. The van der Waals surface area contributed by atoms with Crippen LogP contribution in [0.5, 0.6) is 0 Å². The number of hydrogen-bond acceptors (Lipinski definition) is 4. The first-order chi connectivity index (χ1) is 9.72. The Kier molecular flexibility index (Phi) is 5.55. The highest BCUT2D eigenvalue weighted by Gasteiger charge is 2.25. The monoisotopic (exact) mass is 296 g/mol. The molecule has 0 radical (unpaired) electrons. The maximum Gasteiger partial charge on any atom is 0.261 e. The van der Waals surface area contributed by atoms with Gasteiger partial charge in [-0.2, -0.15) is 0 Å². The predicted molar refractivity (Wildman–Crippen MR) is 77.7 cm³/mol. The molecule has 1 atom stereocenters. The van der Waals surface area contributed by atoms with Crippen LogP contribution in [-0.4, -0.2) is 47.6 Å². The SMILES string of the molecule is O=C(NCCC(=O)N1CCCCC1CO)c1cccs1. The fourth-order valence-electron chi connectivity index (χ4n) is 2.44. The van der Waals surface area contributed by atoms with Crippen LogP contribution in [0.15, 0.2) is 17.5 Å². The molecule has 1 saturated heterocycles. The lowest BCUT2D eigenvalue weighted by Gasteiger charge is -2.34. The molecular weight excluding hydrogens is 276 g/mol. The van der Waals surface area contributed by atoms with Gasteiger partial charge >= 0.3 is 0 Å². The van der Waals surface area contributed by atoms with Gasteiger partial charge in [-0.25, -0.2) is 0 Å². The Hall–Kier alpha value is -1.40. The first-order valence-electron chi connectivity index (χ1n) is 6.94. The minimum absolute atomic E-state index is 0.00947. The number of likely N-dealkylation sites (tertiary alicyclic amines) is 1. The lowest BCUT2D eigenvalue weighted by Crippen LogP contribution is -2.46. The average molecular weight is 296 g/mol. The van der Waals surface area contributed by atoms with Gasteiger partial charge in [0, 0.05) is 19.5 Å². The van der Waals surface area contributed by atoms with Gasteiger partial charge in [0.25, 0.3) is 5.91 Å². The molecule has 0 saturated carbocycles. The van der Waals surface area contributed by atoms with Crippen molar-refractivity contribution in [1.29, 1.82) is 0 Å². The molecule has 1 unspecified atom stereocenters. The molecular formula is C14H20N2O3S. The minimum Gasteiger partial charge on any atom is -0.394 e. The van der Waals surface area contributed by atoms with Crippen LogP contribution in [0.25, 0.3) is 0 Å². The van der Waals surface area contributed by atoms with Gasteiger partial charge in [-0.1, -0.05) is 6.07 Å². The number of piperidine rings is 1. The standard InChI is InChI=1S/C14H20N2O3S/c17-10-11-4-1-2-8-16(11)13(18)6-7-15-14(19)12-5-3-9-20-12/h3,5,9,11,17H,1-2,4,6-8,10H2,(H,15,19). The topological polar surface area (TPSA) is 69.6 Å². The van der Waals surface area contributed by atoms with Crippen LogP contribution in [0, 0.1) is 0 Å². The van der Waals surface area contributed by atoms with Gasteiger partial charge in [-0.05, 0) is 30.7 Å². The van der Waals surface area contributed by atoms with Gasteiger partial charge in [-0.15, -0.1) is 11.3 Å². The number of amides is 2. The number of aliphatic hydroxyl groups is 1. The summed E-state index contributed by atoms with van der Waals surface area (Å²) in [6.45, 7) is 1.07. The summed E-state index contributed by atoms with van der Waals surface area (Å²) in [6.07, 6.45) is 3.20. The molecule has 1 aliphatic heterocycles. The Morgan fingerprint density at radius 1 is 1.45 bits per heavy atom. The zero-order chi connectivity index (χ0) is 14.4. The zero-order valence-corrected chi connectivity index (χ0v) is 12.2. The highest BCUT2D eigenvalue weighted by molar-refractivity contribution is 7.12. The Balaban J connectivity index is 1.75. The van der Waals surface area contributed by atoms with E-state index >= 15 is 0 Å². The third kappa shape index (κ3) is 3.80. The lowest BCUT2D eigenvalue weighted by atomic mass is 10.0. The summed E-state index contributed by atoms with van der Waals surface area (Å²) >= 11 is 1.38. The van der Waals surface area contributed by atoms with Gasteiger partial charge in [-0.3, -0.25) is 9.59 Å². The molecule has 2 amide bonds. The molecule has 6 heteroatoms. The molecule has 0 bridgehead atoms. The number of hydrogen-bond donors (Lipinski definition) is 2. The summed E-state index contributed by atoms with van der Waals surface area (Å²) in [6, 6.07) is 3.53. The molecule has 0 aliphatic carbocycles. The molecule has 0 aromatic carbocycles. The number of thiophene rings is 1. The molecule has 2 heterocycles. The molecule has 1 aromatic rings. The van der Waals surface area contributed by atoms with Crippen molar-refractivity contribution in [3.05, 3.63) is 22.4 Å². The summed E-state index contributed by atoms with van der Waals surface area (Å²) in [7, 11) is 0. The van der Waals surface area contributed by atoms with E-state index in [0.29, 0.717) is 18.0 Å². The fourth-order valence-corrected chi connectivity index (χ4v) is 3.08. The first-order valence-corrected chi connectivity index (χ1v) is 7.82. The molecule has 110 valence electrons. The summed E-state index contributed by atoms with van der Waals surface area (Å²) < 4.78 is 0. The van der Waals surface area contributed by atoms with E-state index in [9.17, 15) is 14.7 Å². The third-order valence-electron chi connectivity index (χ3n) is 3.53. The van der Waals surface area contributed by atoms with E-state index in [1.807, 2.05) is 11.4 Å². The summed E-state index contributed by atoms with van der Waals surface area (Å²) in [5.41, 5.74) is 0. The van der Waals surface area contributed by atoms with Crippen molar-refractivity contribution in [2.45, 2.75) is 31.7 Å². The summed E-state index contributed by atoms with van der Waals surface area (Å²) in [5, 5.41) is 13.9. The number of rotatable bonds is 5. The number of carbonyl (C=O) groups is 2. The van der Waals surface area contributed by atoms with Crippen molar-refractivity contribution in [3.63, 3.8) is 0 Å². The maximum absolute atomic E-state index is 12.1. The third-order valence-corrected chi connectivity index (χ3v) is 4.40. The molecule has 1 aromatic heterocycles. The lowest BCUT2D eigenvalue weighted by molar-refractivity contribution is -0.135. The van der Waals surface area contributed by atoms with E-state index in [1.165, 1.54) is 11.3 Å². The Labute approximate surface area is 122 Å². The normalized spacial score (nSPS) is 18.9. The van der Waals surface area contributed by atoms with Crippen LogP contribution in [0.1, 0.15) is 35.4 Å². The van der Waals surface area contributed by atoms with E-state index < -0.39 is 0 Å². The zero-order valence-electron chi connectivity index (χ0n) is 11.4. The second-order valence-electron chi connectivity index (χ2n) is 4.90. The predicted octanol–water partition coefficient (Wildman–Crippen LogP) is 1.24. The molecule has 1 aliphatic rings. The van der Waals surface area contributed by atoms with E-state index in [0.717, 1.165) is 19.3 Å². The average Bonchev–Trinajstić information content (AvgIpc) is 3.01. The molecule has 5 nitrogen and oxygen atoms in total. The van der Waals surface area contributed by atoms with Crippen molar-refractivity contribution in [2.75, 3.05) is 19.7 Å². The highest BCUT2D eigenvalue weighted by Crippen LogP contribution is 2.17. The summed E-state index contributed by atoms with van der Waals surface area (Å²) in [4.78, 5) is 26.2. The Morgan fingerprint density at radius 2 is 2.30 bits per heavy atom. The molecule has 20 heavy (non-hydrogen) atoms. The van der Waals surface area contributed by atoms with Crippen LogP contribution in [0.2, 0.25) is 0 Å². The smallest absolute Gasteiger partial charge is 0.261 e. The van der Waals surface area contributed by atoms with Gasteiger partial charge in [0.1, 0.15) is 0 Å². The van der Waals surface area contributed by atoms with E-state index in [-0.39, 0.29) is 30.9 Å². The fraction of sp³-hybridized carbons (Fsp3) is 0.571. The molecule has 0 spiro atoms. The van der Waals surface area contributed by atoms with Crippen molar-refractivity contribution in [2.24, 2.45) is 0 Å². The number of nitrogens with one attached hydrogen (secondary N) is 1. The van der Waals surface area contributed by atoms with Gasteiger partial charge in [0.2, 0.25) is 5.91 Å². The minimum atomic E-state index is -0.134. The van der Waals surface area contributed by atoms with E-state index in [2.05, 4.69) is 5.32 Å².